The van der Waals surface area contributed by atoms with Crippen LogP contribution in [0.1, 0.15) is 16.1 Å². The molecular weight excluding hydrogens is 312 g/mol. The molecule has 0 bridgehead atoms. The van der Waals surface area contributed by atoms with Gasteiger partial charge in [0.1, 0.15) is 5.01 Å². The number of nitrogens with one attached hydrogen (secondary N) is 2. The van der Waals surface area contributed by atoms with Gasteiger partial charge in [-0.25, -0.2) is 4.98 Å². The van der Waals surface area contributed by atoms with Crippen molar-refractivity contribution in [3.8, 4) is 10.6 Å². The van der Waals surface area contributed by atoms with Gasteiger partial charge in [0.15, 0.2) is 0 Å². The molecule has 0 aliphatic rings. The van der Waals surface area contributed by atoms with Crippen LogP contribution in [0.4, 0.5) is 0 Å². The Balaban J connectivity index is 1.55. The number of amides is 1. The first kappa shape index (κ1) is 15.1. The molecule has 23 heavy (non-hydrogen) atoms. The third-order valence-corrected chi connectivity index (χ3v) is 4.13. The Morgan fingerprint density at radius 3 is 2.78 bits per heavy atom. The van der Waals surface area contributed by atoms with Crippen molar-refractivity contribution < 1.29 is 4.79 Å². The lowest BCUT2D eigenvalue weighted by molar-refractivity contribution is 0.0953. The minimum atomic E-state index is -0.229. The summed E-state index contributed by atoms with van der Waals surface area (Å²) in [4.78, 5) is 33.9. The monoisotopic (exact) mass is 326 g/mol. The Morgan fingerprint density at radius 2 is 2.04 bits per heavy atom. The predicted molar refractivity (Wildman–Crippen MR) is 88.4 cm³/mol. The normalized spacial score (nSPS) is 10.4. The Labute approximate surface area is 136 Å². The maximum absolute atomic E-state index is 11.9. The van der Waals surface area contributed by atoms with Crippen LogP contribution < -0.4 is 10.9 Å². The molecule has 3 heterocycles. The van der Waals surface area contributed by atoms with E-state index in [0.717, 1.165) is 16.3 Å². The van der Waals surface area contributed by atoms with Crippen molar-refractivity contribution >= 4 is 17.2 Å². The van der Waals surface area contributed by atoms with Crippen molar-refractivity contribution in [2.24, 2.45) is 0 Å². The fourth-order valence-corrected chi connectivity index (χ4v) is 2.87. The molecule has 0 aromatic carbocycles. The van der Waals surface area contributed by atoms with E-state index in [2.05, 4.69) is 20.3 Å². The number of hydrogen-bond acceptors (Lipinski definition) is 5. The van der Waals surface area contributed by atoms with E-state index in [-0.39, 0.29) is 11.5 Å². The predicted octanol–water partition coefficient (Wildman–Crippen LogP) is 1.87. The molecule has 0 fully saturated rings. The second-order valence-corrected chi connectivity index (χ2v) is 5.69. The molecule has 0 saturated heterocycles. The number of carbonyl (C=O) groups excluding carboxylic acids is 1. The Morgan fingerprint density at radius 1 is 1.22 bits per heavy atom. The molecular formula is C16H14N4O2S. The molecule has 0 aliphatic heterocycles. The number of thiazole rings is 1. The van der Waals surface area contributed by atoms with E-state index in [4.69, 9.17) is 0 Å². The van der Waals surface area contributed by atoms with Gasteiger partial charge in [0.05, 0.1) is 11.3 Å². The molecule has 0 aliphatic carbocycles. The Kier molecular flexibility index (Phi) is 4.58. The van der Waals surface area contributed by atoms with Crippen LogP contribution in [0.5, 0.6) is 0 Å². The van der Waals surface area contributed by atoms with Crippen LogP contribution in [0.25, 0.3) is 10.6 Å². The summed E-state index contributed by atoms with van der Waals surface area (Å²) in [5.74, 6) is -0.217. The van der Waals surface area contributed by atoms with Crippen LogP contribution >= 0.6 is 11.3 Å². The van der Waals surface area contributed by atoms with Gasteiger partial charge >= 0.3 is 0 Å². The third kappa shape index (κ3) is 3.89. The second-order valence-electron chi connectivity index (χ2n) is 4.83. The van der Waals surface area contributed by atoms with Crippen LogP contribution in [0.2, 0.25) is 0 Å². The average Bonchev–Trinajstić information content (AvgIpc) is 3.05. The zero-order valence-electron chi connectivity index (χ0n) is 12.2. The van der Waals surface area contributed by atoms with Gasteiger partial charge in [0.2, 0.25) is 5.56 Å². The summed E-state index contributed by atoms with van der Waals surface area (Å²) in [6, 6.07) is 6.66. The van der Waals surface area contributed by atoms with E-state index in [0.29, 0.717) is 18.5 Å². The van der Waals surface area contributed by atoms with Gasteiger partial charge in [-0.2, -0.15) is 0 Å². The van der Waals surface area contributed by atoms with E-state index in [1.165, 1.54) is 18.3 Å². The fourth-order valence-electron chi connectivity index (χ4n) is 2.01. The average molecular weight is 326 g/mol. The highest BCUT2D eigenvalue weighted by Crippen LogP contribution is 2.22. The lowest BCUT2D eigenvalue weighted by Gasteiger charge is -2.03. The molecule has 6 nitrogen and oxygen atoms in total. The van der Waals surface area contributed by atoms with E-state index in [1.54, 1.807) is 23.7 Å². The van der Waals surface area contributed by atoms with Crippen LogP contribution in [0.15, 0.2) is 53.0 Å². The summed E-state index contributed by atoms with van der Waals surface area (Å²) in [5.41, 5.74) is 2.17. The fraction of sp³-hybridized carbons (Fsp3) is 0.125. The number of hydrogen-bond donors (Lipinski definition) is 2. The van der Waals surface area contributed by atoms with E-state index in [1.807, 2.05) is 17.5 Å². The van der Waals surface area contributed by atoms with Crippen molar-refractivity contribution in [2.45, 2.75) is 6.42 Å². The van der Waals surface area contributed by atoms with Gasteiger partial charge < -0.3 is 10.3 Å². The van der Waals surface area contributed by atoms with Crippen molar-refractivity contribution in [3.63, 3.8) is 0 Å². The van der Waals surface area contributed by atoms with Gasteiger partial charge in [0, 0.05) is 48.6 Å². The van der Waals surface area contributed by atoms with Gasteiger partial charge in [-0.3, -0.25) is 14.6 Å². The third-order valence-electron chi connectivity index (χ3n) is 3.19. The van der Waals surface area contributed by atoms with Crippen LogP contribution in [0.3, 0.4) is 0 Å². The van der Waals surface area contributed by atoms with Crippen molar-refractivity contribution in [3.05, 3.63) is 69.8 Å². The summed E-state index contributed by atoms with van der Waals surface area (Å²) in [7, 11) is 0. The molecule has 3 rings (SSSR count). The molecule has 0 atom stereocenters. The summed E-state index contributed by atoms with van der Waals surface area (Å²) in [6.07, 6.45) is 5.53. The molecule has 1 amide bonds. The first-order valence-electron chi connectivity index (χ1n) is 7.04. The molecule has 3 aromatic heterocycles. The summed E-state index contributed by atoms with van der Waals surface area (Å²) >= 11 is 1.57. The lowest BCUT2D eigenvalue weighted by atomic mass is 10.2. The zero-order valence-corrected chi connectivity index (χ0v) is 13.0. The topological polar surface area (TPSA) is 87.7 Å². The van der Waals surface area contributed by atoms with Gasteiger partial charge in [0.25, 0.3) is 5.91 Å². The molecule has 2 N–H and O–H groups in total. The summed E-state index contributed by atoms with van der Waals surface area (Å²) in [5, 5.41) is 5.74. The first-order chi connectivity index (χ1) is 11.2. The van der Waals surface area contributed by atoms with Gasteiger partial charge in [-0.1, -0.05) is 0 Å². The maximum atomic E-state index is 11.9. The van der Waals surface area contributed by atoms with Crippen molar-refractivity contribution in [2.75, 3.05) is 6.54 Å². The smallest absolute Gasteiger partial charge is 0.252 e. The second kappa shape index (κ2) is 6.97. The van der Waals surface area contributed by atoms with Crippen LogP contribution in [-0.4, -0.2) is 27.4 Å². The molecule has 0 spiro atoms. The number of nitrogens with zero attached hydrogens (tertiary/aromatic N) is 2. The van der Waals surface area contributed by atoms with Gasteiger partial charge in [-0.15, -0.1) is 11.3 Å². The van der Waals surface area contributed by atoms with Crippen LogP contribution in [0, 0.1) is 0 Å². The molecule has 0 unspecified atom stereocenters. The highest BCUT2D eigenvalue weighted by molar-refractivity contribution is 7.13. The Bertz CT molecular complexity index is 837. The Hall–Kier alpha value is -2.80. The standard InChI is InChI=1S/C16H14N4O2S/c21-14-2-1-12(9-19-14)15(22)18-8-5-13-10-23-16(20-13)11-3-6-17-7-4-11/h1-4,6-7,9-10H,5,8H2,(H,18,22)(H,19,21). The number of aromatic nitrogens is 3. The summed E-state index contributed by atoms with van der Waals surface area (Å²) in [6.45, 7) is 0.484. The first-order valence-corrected chi connectivity index (χ1v) is 7.92. The largest absolute Gasteiger partial charge is 0.352 e. The molecule has 0 saturated carbocycles. The number of H-pyrrole nitrogens is 1. The van der Waals surface area contributed by atoms with Gasteiger partial charge in [-0.05, 0) is 18.2 Å². The molecule has 3 aromatic rings. The highest BCUT2D eigenvalue weighted by atomic mass is 32.1. The number of rotatable bonds is 5. The van der Waals surface area contributed by atoms with Crippen molar-refractivity contribution in [1.29, 1.82) is 0 Å². The molecule has 116 valence electrons. The molecule has 7 heteroatoms. The lowest BCUT2D eigenvalue weighted by Crippen LogP contribution is -2.26. The number of aromatic amines is 1. The zero-order chi connectivity index (χ0) is 16.1. The maximum Gasteiger partial charge on any atom is 0.252 e. The number of pyridine rings is 2. The SMILES string of the molecule is O=C(NCCc1csc(-c2ccncc2)n1)c1ccc(=O)[nH]c1. The van der Waals surface area contributed by atoms with Crippen LogP contribution in [-0.2, 0) is 6.42 Å². The summed E-state index contributed by atoms with van der Waals surface area (Å²) < 4.78 is 0. The van der Waals surface area contributed by atoms with E-state index in [9.17, 15) is 9.59 Å². The minimum absolute atomic E-state index is 0.217. The number of carbonyl (C=O) groups is 1. The quantitative estimate of drug-likeness (QED) is 0.749. The van der Waals surface area contributed by atoms with Crippen molar-refractivity contribution in [1.82, 2.24) is 20.3 Å². The van der Waals surface area contributed by atoms with E-state index >= 15 is 0 Å². The van der Waals surface area contributed by atoms with E-state index < -0.39 is 0 Å². The minimum Gasteiger partial charge on any atom is -0.352 e. The highest BCUT2D eigenvalue weighted by Gasteiger charge is 2.07. The molecule has 0 radical (unpaired) electrons.